The highest BCUT2D eigenvalue weighted by Gasteiger charge is 2.14. The number of ether oxygens (including phenoxy) is 4. The van der Waals surface area contributed by atoms with Gasteiger partial charge in [-0.2, -0.15) is 5.10 Å². The minimum atomic E-state index is -0.454. The fourth-order valence-electron chi connectivity index (χ4n) is 3.83. The lowest BCUT2D eigenvalue weighted by Gasteiger charge is -2.14. The molecule has 0 aliphatic heterocycles. The smallest absolute Gasteiger partial charge is 0.271 e. The summed E-state index contributed by atoms with van der Waals surface area (Å²) < 4.78 is 23.6. The van der Waals surface area contributed by atoms with Crippen molar-refractivity contribution in [2.75, 3.05) is 13.7 Å². The number of hydrogen-bond acceptors (Lipinski definition) is 8. The van der Waals surface area contributed by atoms with Crippen LogP contribution in [-0.2, 0) is 13.2 Å². The Bertz CT molecular complexity index is 1560. The van der Waals surface area contributed by atoms with E-state index >= 15 is 0 Å². The van der Waals surface area contributed by atoms with E-state index in [0.717, 1.165) is 11.1 Å². The second kappa shape index (κ2) is 14.6. The van der Waals surface area contributed by atoms with Gasteiger partial charge in [0.25, 0.3) is 11.6 Å². The number of halogens is 1. The summed E-state index contributed by atoms with van der Waals surface area (Å²) in [6, 6.07) is 24.3. The van der Waals surface area contributed by atoms with E-state index in [1.165, 1.54) is 25.5 Å². The number of carbonyl (C=O) groups excluding carboxylic acids is 1. The maximum absolute atomic E-state index is 12.8. The number of amides is 1. The molecule has 216 valence electrons. The van der Waals surface area contributed by atoms with Crippen molar-refractivity contribution >= 4 is 33.7 Å². The second-order valence-corrected chi connectivity index (χ2v) is 9.67. The van der Waals surface area contributed by atoms with E-state index in [2.05, 4.69) is 26.5 Å². The standard InChI is InChI=1S/C31H28BrN3O7/c1-3-40-28-17-24(11-14-27(28)41-19-21-7-5-4-6-8-21)31(36)34-33-18-23-15-26(32)30(29(16-23)39-2)42-20-22-9-12-25(13-10-22)35(37)38/h4-18H,3,19-20H2,1-2H3,(H,34,36)/b33-18+. The van der Waals surface area contributed by atoms with Crippen LogP contribution >= 0.6 is 15.9 Å². The van der Waals surface area contributed by atoms with Gasteiger partial charge in [0.1, 0.15) is 13.2 Å². The Kier molecular flexibility index (Phi) is 10.5. The normalized spacial score (nSPS) is 10.7. The number of hydrazone groups is 1. The number of nitrogens with one attached hydrogen (secondary N) is 1. The SMILES string of the molecule is CCOc1cc(C(=O)N/N=C/c2cc(Br)c(OCc3ccc([N+](=O)[O-])cc3)c(OC)c2)ccc1OCc1ccccc1. The largest absolute Gasteiger partial charge is 0.493 e. The number of non-ortho nitro benzene ring substituents is 1. The molecular formula is C31H28BrN3O7. The van der Waals surface area contributed by atoms with Crippen LogP contribution in [0.3, 0.4) is 0 Å². The highest BCUT2D eigenvalue weighted by molar-refractivity contribution is 9.10. The molecule has 4 aromatic carbocycles. The lowest BCUT2D eigenvalue weighted by atomic mass is 10.2. The molecular weight excluding hydrogens is 606 g/mol. The molecule has 4 rings (SSSR count). The summed E-state index contributed by atoms with van der Waals surface area (Å²) in [4.78, 5) is 23.2. The number of rotatable bonds is 13. The first-order chi connectivity index (χ1) is 20.4. The van der Waals surface area contributed by atoms with Crippen LogP contribution in [0.5, 0.6) is 23.0 Å². The van der Waals surface area contributed by atoms with Crippen molar-refractivity contribution < 1.29 is 28.7 Å². The molecule has 0 aromatic heterocycles. The fourth-order valence-corrected chi connectivity index (χ4v) is 4.40. The molecule has 0 saturated carbocycles. The number of hydrogen-bond donors (Lipinski definition) is 1. The van der Waals surface area contributed by atoms with Crippen molar-refractivity contribution in [1.29, 1.82) is 0 Å². The topological polar surface area (TPSA) is 122 Å². The maximum atomic E-state index is 12.8. The third-order valence-corrected chi connectivity index (χ3v) is 6.49. The number of nitro groups is 1. The third-order valence-electron chi connectivity index (χ3n) is 5.90. The molecule has 4 aromatic rings. The number of nitro benzene ring substituents is 1. The molecule has 0 fully saturated rings. The van der Waals surface area contributed by atoms with Gasteiger partial charge < -0.3 is 18.9 Å². The van der Waals surface area contributed by atoms with Crippen LogP contribution in [0.1, 0.15) is 34.0 Å². The first-order valence-corrected chi connectivity index (χ1v) is 13.7. The maximum Gasteiger partial charge on any atom is 0.271 e. The molecule has 11 heteroatoms. The van der Waals surface area contributed by atoms with Gasteiger partial charge in [0.15, 0.2) is 23.0 Å². The Hall–Kier alpha value is -4.90. The van der Waals surface area contributed by atoms with Gasteiger partial charge in [0, 0.05) is 17.7 Å². The van der Waals surface area contributed by atoms with Gasteiger partial charge in [-0.1, -0.05) is 30.3 Å². The highest BCUT2D eigenvalue weighted by Crippen LogP contribution is 2.37. The molecule has 0 unspecified atom stereocenters. The molecule has 42 heavy (non-hydrogen) atoms. The Morgan fingerprint density at radius 1 is 0.905 bits per heavy atom. The molecule has 1 N–H and O–H groups in total. The zero-order valence-corrected chi connectivity index (χ0v) is 24.5. The van der Waals surface area contributed by atoms with Crippen molar-refractivity contribution in [1.82, 2.24) is 5.43 Å². The molecule has 10 nitrogen and oxygen atoms in total. The van der Waals surface area contributed by atoms with Crippen LogP contribution in [0.2, 0.25) is 0 Å². The van der Waals surface area contributed by atoms with E-state index in [1.54, 1.807) is 42.5 Å². The molecule has 0 bridgehead atoms. The van der Waals surface area contributed by atoms with Crippen LogP contribution in [0.15, 0.2) is 94.5 Å². The summed E-state index contributed by atoms with van der Waals surface area (Å²) >= 11 is 3.49. The summed E-state index contributed by atoms with van der Waals surface area (Å²) in [6.07, 6.45) is 1.48. The van der Waals surface area contributed by atoms with Gasteiger partial charge in [-0.25, -0.2) is 5.43 Å². The Morgan fingerprint density at radius 2 is 1.62 bits per heavy atom. The van der Waals surface area contributed by atoms with Crippen LogP contribution in [0.25, 0.3) is 0 Å². The lowest BCUT2D eigenvalue weighted by molar-refractivity contribution is -0.384. The summed E-state index contributed by atoms with van der Waals surface area (Å²) in [5, 5.41) is 14.9. The van der Waals surface area contributed by atoms with Gasteiger partial charge in [0.2, 0.25) is 0 Å². The molecule has 0 saturated heterocycles. The molecule has 0 spiro atoms. The third kappa shape index (κ3) is 8.07. The second-order valence-electron chi connectivity index (χ2n) is 8.81. The predicted molar refractivity (Wildman–Crippen MR) is 162 cm³/mol. The first-order valence-electron chi connectivity index (χ1n) is 12.9. The molecule has 0 atom stereocenters. The molecule has 0 radical (unpaired) electrons. The van der Waals surface area contributed by atoms with Crippen molar-refractivity contribution in [2.45, 2.75) is 20.1 Å². The summed E-state index contributed by atoms with van der Waals surface area (Å²) in [5.74, 6) is 1.47. The predicted octanol–water partition coefficient (Wildman–Crippen LogP) is 6.69. The Morgan fingerprint density at radius 3 is 2.31 bits per heavy atom. The van der Waals surface area contributed by atoms with Gasteiger partial charge in [-0.3, -0.25) is 14.9 Å². The average Bonchev–Trinajstić information content (AvgIpc) is 3.00. The zero-order chi connectivity index (χ0) is 29.9. The number of methoxy groups -OCH3 is 1. The highest BCUT2D eigenvalue weighted by atomic mass is 79.9. The van der Waals surface area contributed by atoms with Crippen LogP contribution in [0.4, 0.5) is 5.69 Å². The number of benzene rings is 4. The number of nitrogens with zero attached hydrogens (tertiary/aromatic N) is 2. The van der Waals surface area contributed by atoms with Gasteiger partial charge in [0.05, 0.1) is 29.3 Å². The van der Waals surface area contributed by atoms with Crippen LogP contribution < -0.4 is 24.4 Å². The van der Waals surface area contributed by atoms with Crippen molar-refractivity contribution in [3.05, 3.63) is 122 Å². The van der Waals surface area contributed by atoms with E-state index in [-0.39, 0.29) is 12.3 Å². The van der Waals surface area contributed by atoms with Gasteiger partial charge in [-0.05, 0) is 82.0 Å². The van der Waals surface area contributed by atoms with Crippen LogP contribution in [0, 0.1) is 10.1 Å². The average molecular weight is 634 g/mol. The van der Waals surface area contributed by atoms with E-state index in [0.29, 0.717) is 51.8 Å². The summed E-state index contributed by atoms with van der Waals surface area (Å²) in [6.45, 7) is 2.82. The monoisotopic (exact) mass is 633 g/mol. The zero-order valence-electron chi connectivity index (χ0n) is 22.9. The van der Waals surface area contributed by atoms with Gasteiger partial charge in [-0.15, -0.1) is 0 Å². The molecule has 0 aliphatic carbocycles. The van der Waals surface area contributed by atoms with Crippen molar-refractivity contribution in [3.8, 4) is 23.0 Å². The van der Waals surface area contributed by atoms with Gasteiger partial charge >= 0.3 is 0 Å². The van der Waals surface area contributed by atoms with E-state index in [1.807, 2.05) is 37.3 Å². The quantitative estimate of drug-likeness (QED) is 0.0989. The minimum Gasteiger partial charge on any atom is -0.493 e. The van der Waals surface area contributed by atoms with Crippen molar-refractivity contribution in [3.63, 3.8) is 0 Å². The Labute approximate surface area is 251 Å². The van der Waals surface area contributed by atoms with Crippen LogP contribution in [-0.4, -0.2) is 30.8 Å². The summed E-state index contributed by atoms with van der Waals surface area (Å²) in [7, 11) is 1.51. The fraction of sp³-hybridized carbons (Fsp3) is 0.161. The molecule has 1 amide bonds. The van der Waals surface area contributed by atoms with E-state index < -0.39 is 10.8 Å². The lowest BCUT2D eigenvalue weighted by Crippen LogP contribution is -2.17. The molecule has 0 aliphatic rings. The number of carbonyl (C=O) groups is 1. The summed E-state index contributed by atoms with van der Waals surface area (Å²) in [5.41, 5.74) is 5.30. The Balaban J connectivity index is 1.39. The van der Waals surface area contributed by atoms with E-state index in [4.69, 9.17) is 18.9 Å². The van der Waals surface area contributed by atoms with Crippen molar-refractivity contribution in [2.24, 2.45) is 5.10 Å². The molecule has 0 heterocycles. The minimum absolute atomic E-state index is 0.00726. The first kappa shape index (κ1) is 30.1. The van der Waals surface area contributed by atoms with E-state index in [9.17, 15) is 14.9 Å².